The van der Waals surface area contributed by atoms with Crippen LogP contribution in [0.3, 0.4) is 0 Å². The normalized spacial score (nSPS) is 12.4. The van der Waals surface area contributed by atoms with Crippen molar-refractivity contribution in [3.63, 3.8) is 0 Å². The highest BCUT2D eigenvalue weighted by Gasteiger charge is 2.24. The summed E-state index contributed by atoms with van der Waals surface area (Å²) in [5.41, 5.74) is 2.02. The number of rotatable bonds is 7. The summed E-state index contributed by atoms with van der Waals surface area (Å²) >= 11 is 0. The molecule has 0 radical (unpaired) electrons. The highest BCUT2D eigenvalue weighted by molar-refractivity contribution is 5.32. The number of aryl methyl sites for hydroxylation is 2. The van der Waals surface area contributed by atoms with Crippen LogP contribution in [0, 0.1) is 6.92 Å². The monoisotopic (exact) mass is 289 g/mol. The zero-order chi connectivity index (χ0) is 15.2. The van der Waals surface area contributed by atoms with E-state index in [-0.39, 0.29) is 6.04 Å². The van der Waals surface area contributed by atoms with Crippen molar-refractivity contribution in [3.05, 3.63) is 35.7 Å². The van der Waals surface area contributed by atoms with E-state index in [4.69, 9.17) is 4.74 Å². The van der Waals surface area contributed by atoms with Gasteiger partial charge in [0.25, 0.3) is 0 Å². The molecule has 1 atom stereocenters. The van der Waals surface area contributed by atoms with Gasteiger partial charge in [-0.25, -0.2) is 9.97 Å². The van der Waals surface area contributed by atoms with Crippen LogP contribution >= 0.6 is 0 Å². The Balaban J connectivity index is 2.46. The summed E-state index contributed by atoms with van der Waals surface area (Å²) in [6, 6.07) is -0.125. The summed E-state index contributed by atoms with van der Waals surface area (Å²) in [7, 11) is 1.66. The summed E-state index contributed by atoms with van der Waals surface area (Å²) in [6.45, 7) is 7.82. The van der Waals surface area contributed by atoms with Crippen molar-refractivity contribution in [2.45, 2.75) is 39.8 Å². The van der Waals surface area contributed by atoms with Gasteiger partial charge in [-0.1, -0.05) is 13.8 Å². The lowest BCUT2D eigenvalue weighted by atomic mass is 10.1. The van der Waals surface area contributed by atoms with Crippen molar-refractivity contribution in [3.8, 4) is 5.75 Å². The van der Waals surface area contributed by atoms with E-state index >= 15 is 0 Å². The van der Waals surface area contributed by atoms with Crippen molar-refractivity contribution >= 4 is 0 Å². The van der Waals surface area contributed by atoms with Gasteiger partial charge in [-0.15, -0.1) is 0 Å². The fraction of sp³-hybridized carbons (Fsp3) is 0.533. The number of hydrogen-bond acceptors (Lipinski definition) is 5. The second-order valence-corrected chi connectivity index (χ2v) is 4.93. The van der Waals surface area contributed by atoms with E-state index in [1.807, 2.05) is 24.0 Å². The molecule has 6 nitrogen and oxygen atoms in total. The molecule has 0 saturated heterocycles. The van der Waals surface area contributed by atoms with Gasteiger partial charge in [0.05, 0.1) is 13.3 Å². The highest BCUT2D eigenvalue weighted by Crippen LogP contribution is 2.28. The number of nitrogens with one attached hydrogen (secondary N) is 1. The molecule has 0 bridgehead atoms. The SMILES string of the molecule is CCCn1ncc(OC)c1C(NCC)c1ncc(C)cn1. The van der Waals surface area contributed by atoms with Gasteiger partial charge in [0, 0.05) is 18.9 Å². The minimum Gasteiger partial charge on any atom is -0.493 e. The summed E-state index contributed by atoms with van der Waals surface area (Å²) in [4.78, 5) is 8.92. The molecule has 2 aromatic heterocycles. The minimum absolute atomic E-state index is 0.125. The lowest BCUT2D eigenvalue weighted by Crippen LogP contribution is -2.27. The van der Waals surface area contributed by atoms with Gasteiger partial charge < -0.3 is 10.1 Å². The maximum absolute atomic E-state index is 5.47. The minimum atomic E-state index is -0.125. The van der Waals surface area contributed by atoms with Crippen LogP contribution in [-0.2, 0) is 6.54 Å². The first-order chi connectivity index (χ1) is 10.2. The second kappa shape index (κ2) is 7.17. The van der Waals surface area contributed by atoms with E-state index in [0.717, 1.165) is 42.3 Å². The predicted molar refractivity (Wildman–Crippen MR) is 81.4 cm³/mol. The standard InChI is InChI=1S/C15H23N5O/c1-5-7-20-14(12(21-4)10-19-20)13(16-6-2)15-17-8-11(3)9-18-15/h8-10,13,16H,5-7H2,1-4H3. The second-order valence-electron chi connectivity index (χ2n) is 4.93. The Morgan fingerprint density at radius 2 is 1.95 bits per heavy atom. The molecule has 0 aliphatic heterocycles. The highest BCUT2D eigenvalue weighted by atomic mass is 16.5. The Hall–Kier alpha value is -1.95. The van der Waals surface area contributed by atoms with Crippen LogP contribution in [-0.4, -0.2) is 33.4 Å². The molecule has 0 spiro atoms. The van der Waals surface area contributed by atoms with Crippen LogP contribution in [0.1, 0.15) is 43.4 Å². The quantitative estimate of drug-likeness (QED) is 0.845. The molecule has 6 heteroatoms. The van der Waals surface area contributed by atoms with Crippen LogP contribution in [0.5, 0.6) is 5.75 Å². The Morgan fingerprint density at radius 3 is 2.52 bits per heavy atom. The number of hydrogen-bond donors (Lipinski definition) is 1. The van der Waals surface area contributed by atoms with Crippen molar-refractivity contribution in [2.24, 2.45) is 0 Å². The van der Waals surface area contributed by atoms with Crippen molar-refractivity contribution in [1.82, 2.24) is 25.1 Å². The Morgan fingerprint density at radius 1 is 1.24 bits per heavy atom. The van der Waals surface area contributed by atoms with Gasteiger partial charge in [-0.2, -0.15) is 5.10 Å². The molecule has 1 unspecified atom stereocenters. The number of nitrogens with zero attached hydrogens (tertiary/aromatic N) is 4. The van der Waals surface area contributed by atoms with Gasteiger partial charge in [0.15, 0.2) is 11.6 Å². The van der Waals surface area contributed by atoms with Crippen molar-refractivity contribution in [2.75, 3.05) is 13.7 Å². The average molecular weight is 289 g/mol. The lowest BCUT2D eigenvalue weighted by Gasteiger charge is -2.19. The van der Waals surface area contributed by atoms with Crippen LogP contribution in [0.2, 0.25) is 0 Å². The molecule has 0 saturated carbocycles. The number of aromatic nitrogens is 4. The molecular formula is C15H23N5O. The molecule has 2 aromatic rings. The van der Waals surface area contributed by atoms with Gasteiger partial charge in [0.2, 0.25) is 0 Å². The Labute approximate surface area is 125 Å². The largest absolute Gasteiger partial charge is 0.493 e. The molecule has 0 aliphatic rings. The maximum atomic E-state index is 5.47. The molecule has 0 amide bonds. The lowest BCUT2D eigenvalue weighted by molar-refractivity contribution is 0.396. The molecular weight excluding hydrogens is 266 g/mol. The zero-order valence-corrected chi connectivity index (χ0v) is 13.1. The number of methoxy groups -OCH3 is 1. The summed E-state index contributed by atoms with van der Waals surface area (Å²) in [6.07, 6.45) is 6.42. The van der Waals surface area contributed by atoms with Gasteiger partial charge in [-0.05, 0) is 25.5 Å². The topological polar surface area (TPSA) is 64.9 Å². The number of ether oxygens (including phenoxy) is 1. The molecule has 114 valence electrons. The summed E-state index contributed by atoms with van der Waals surface area (Å²) in [5.74, 6) is 1.50. The first kappa shape index (κ1) is 15.4. The third kappa shape index (κ3) is 3.39. The fourth-order valence-corrected chi connectivity index (χ4v) is 2.28. The third-order valence-electron chi connectivity index (χ3n) is 3.24. The van der Waals surface area contributed by atoms with E-state index < -0.39 is 0 Å². The Kier molecular flexibility index (Phi) is 5.27. The molecule has 0 fully saturated rings. The molecule has 21 heavy (non-hydrogen) atoms. The average Bonchev–Trinajstić information content (AvgIpc) is 2.89. The molecule has 1 N–H and O–H groups in total. The zero-order valence-electron chi connectivity index (χ0n) is 13.1. The first-order valence-corrected chi connectivity index (χ1v) is 7.32. The van der Waals surface area contributed by atoms with Crippen molar-refractivity contribution in [1.29, 1.82) is 0 Å². The third-order valence-corrected chi connectivity index (χ3v) is 3.24. The van der Waals surface area contributed by atoms with Gasteiger partial charge >= 0.3 is 0 Å². The van der Waals surface area contributed by atoms with E-state index in [2.05, 4.69) is 34.2 Å². The maximum Gasteiger partial charge on any atom is 0.162 e. The smallest absolute Gasteiger partial charge is 0.162 e. The van der Waals surface area contributed by atoms with Crippen LogP contribution < -0.4 is 10.1 Å². The first-order valence-electron chi connectivity index (χ1n) is 7.32. The molecule has 0 aromatic carbocycles. The van der Waals surface area contributed by atoms with E-state index in [9.17, 15) is 0 Å². The molecule has 2 rings (SSSR count). The van der Waals surface area contributed by atoms with Gasteiger partial charge in [-0.3, -0.25) is 4.68 Å². The van der Waals surface area contributed by atoms with E-state index in [1.165, 1.54) is 0 Å². The summed E-state index contributed by atoms with van der Waals surface area (Å²) < 4.78 is 7.43. The predicted octanol–water partition coefficient (Wildman–Crippen LogP) is 2.10. The Bertz CT molecular complexity index is 564. The van der Waals surface area contributed by atoms with Crippen LogP contribution in [0.4, 0.5) is 0 Å². The van der Waals surface area contributed by atoms with Crippen LogP contribution in [0.25, 0.3) is 0 Å². The van der Waals surface area contributed by atoms with Gasteiger partial charge in [0.1, 0.15) is 11.7 Å². The van der Waals surface area contributed by atoms with E-state index in [0.29, 0.717) is 0 Å². The fourth-order valence-electron chi connectivity index (χ4n) is 2.28. The molecule has 0 aliphatic carbocycles. The van der Waals surface area contributed by atoms with Crippen molar-refractivity contribution < 1.29 is 4.74 Å². The molecule has 2 heterocycles. The van der Waals surface area contributed by atoms with Crippen LogP contribution in [0.15, 0.2) is 18.6 Å². The summed E-state index contributed by atoms with van der Waals surface area (Å²) in [5, 5.41) is 7.85. The van der Waals surface area contributed by atoms with E-state index in [1.54, 1.807) is 13.3 Å².